The van der Waals surface area contributed by atoms with Crippen LogP contribution in [-0.2, 0) is 16.2 Å². The fourth-order valence-electron chi connectivity index (χ4n) is 10.6. The van der Waals surface area contributed by atoms with E-state index in [1.54, 1.807) is 12.4 Å². The summed E-state index contributed by atoms with van der Waals surface area (Å²) in [6.45, 7) is 19.8. The van der Waals surface area contributed by atoms with Crippen LogP contribution in [0.25, 0.3) is 147 Å². The molecule has 0 saturated carbocycles. The first-order valence-electron chi connectivity index (χ1n) is 29.4. The van der Waals surface area contributed by atoms with Gasteiger partial charge in [0, 0.05) is 50.6 Å². The van der Waals surface area contributed by atoms with Crippen LogP contribution in [0.3, 0.4) is 0 Å². The highest BCUT2D eigenvalue weighted by Gasteiger charge is 2.22. The molecule has 11 heterocycles. The van der Waals surface area contributed by atoms with Crippen molar-refractivity contribution in [3.63, 3.8) is 0 Å². The van der Waals surface area contributed by atoms with E-state index in [1.165, 1.54) is 16.7 Å². The van der Waals surface area contributed by atoms with Gasteiger partial charge in [-0.15, -0.1) is 0 Å². The minimum absolute atomic E-state index is 0.0217. The lowest BCUT2D eigenvalue weighted by molar-refractivity contribution is 0.590. The van der Waals surface area contributed by atoms with E-state index in [2.05, 4.69) is 145 Å². The van der Waals surface area contributed by atoms with Gasteiger partial charge in [0.15, 0.2) is 40.1 Å². The van der Waals surface area contributed by atoms with Crippen LogP contribution in [0.15, 0.2) is 200 Å². The van der Waals surface area contributed by atoms with Gasteiger partial charge in [0.1, 0.15) is 0 Å². The number of rotatable bonds is 9. The van der Waals surface area contributed by atoms with Crippen molar-refractivity contribution in [1.29, 1.82) is 0 Å². The fourth-order valence-corrected chi connectivity index (χ4v) is 10.6. The molecule has 14 nitrogen and oxygen atoms in total. The van der Waals surface area contributed by atoms with Crippen LogP contribution >= 0.6 is 0 Å². The van der Waals surface area contributed by atoms with Gasteiger partial charge in [-0.1, -0.05) is 135 Å². The molecule has 0 aliphatic carbocycles. The van der Waals surface area contributed by atoms with E-state index in [0.717, 1.165) is 38.2 Å². The van der Waals surface area contributed by atoms with Crippen LogP contribution in [-0.4, -0.2) is 69.8 Å². The van der Waals surface area contributed by atoms with Crippen molar-refractivity contribution in [2.75, 3.05) is 0 Å². The van der Waals surface area contributed by atoms with E-state index >= 15 is 0 Å². The fraction of sp³-hybridized carbons (Fsp3) is 0.162. The van der Waals surface area contributed by atoms with E-state index in [-0.39, 0.29) is 16.2 Å². The quantitative estimate of drug-likeness (QED) is 0.133. The molecule has 0 bridgehead atoms. The Bertz CT molecular complexity index is 4740. The van der Waals surface area contributed by atoms with E-state index in [1.807, 2.05) is 115 Å². The van der Waals surface area contributed by atoms with Crippen molar-refractivity contribution in [1.82, 2.24) is 69.8 Å². The minimum Gasteiger partial charge on any atom is -0.237 e. The second-order valence-corrected chi connectivity index (χ2v) is 25.2. The standard InChI is InChI=1S/C74H60N14/c1-72(2,3)50-26-14-45(15-27-50)69-83-59(53-32-20-43-12-10-38-75-65(43)77-53)40-61(85-69)55-34-22-48-24-36-57(81-67(48)79-55)63-42-64(88-71(87-63)47-18-30-52(31-19-47)74(7,8)9)58-37-25-49-23-35-56(80-68(49)82-58)62-41-60(54-33-21-44-13-11-39-76-66(44)78-54)84-70(86-62)46-16-28-51(29-17-46)73(4,5)6/h10-42H,1-9H3. The lowest BCUT2D eigenvalue weighted by Gasteiger charge is -2.19. The van der Waals surface area contributed by atoms with Gasteiger partial charge in [0.2, 0.25) is 0 Å². The second kappa shape index (κ2) is 21.6. The molecule has 426 valence electrons. The molecule has 0 aliphatic heterocycles. The van der Waals surface area contributed by atoms with Crippen LogP contribution in [0.1, 0.15) is 79.0 Å². The van der Waals surface area contributed by atoms with Gasteiger partial charge in [-0.2, -0.15) is 0 Å². The zero-order valence-electron chi connectivity index (χ0n) is 50.3. The number of nitrogens with zero attached hydrogens (tertiary/aromatic N) is 14. The minimum atomic E-state index is -0.0526. The molecule has 0 N–H and O–H groups in total. The van der Waals surface area contributed by atoms with Crippen LogP contribution in [0.2, 0.25) is 0 Å². The molecule has 0 atom stereocenters. The Morgan fingerprint density at radius 3 is 0.682 bits per heavy atom. The van der Waals surface area contributed by atoms with Crippen molar-refractivity contribution in [2.45, 2.75) is 78.6 Å². The van der Waals surface area contributed by atoms with Crippen molar-refractivity contribution in [3.05, 3.63) is 217 Å². The molecule has 0 saturated heterocycles. The molecule has 11 aromatic heterocycles. The number of fused-ring (bicyclic) bond motifs is 4. The van der Waals surface area contributed by atoms with Crippen molar-refractivity contribution in [3.8, 4) is 102 Å². The summed E-state index contributed by atoms with van der Waals surface area (Å²) in [5.41, 5.74) is 15.9. The predicted molar refractivity (Wildman–Crippen MR) is 351 cm³/mol. The summed E-state index contributed by atoms with van der Waals surface area (Å²) in [7, 11) is 0. The van der Waals surface area contributed by atoms with E-state index in [0.29, 0.717) is 108 Å². The van der Waals surface area contributed by atoms with Gasteiger partial charge in [-0.05, 0) is 148 Å². The maximum absolute atomic E-state index is 5.24. The summed E-state index contributed by atoms with van der Waals surface area (Å²) in [6.07, 6.45) is 3.50. The molecule has 88 heavy (non-hydrogen) atoms. The number of benzene rings is 3. The number of hydrogen-bond donors (Lipinski definition) is 0. The average molecular weight is 1150 g/mol. The van der Waals surface area contributed by atoms with Gasteiger partial charge in [0.05, 0.1) is 68.3 Å². The molecular weight excluding hydrogens is 1080 g/mol. The van der Waals surface area contributed by atoms with Crippen LogP contribution in [0, 0.1) is 0 Å². The predicted octanol–water partition coefficient (Wildman–Crippen LogP) is 16.7. The summed E-state index contributed by atoms with van der Waals surface area (Å²) in [5, 5.41) is 3.57. The Morgan fingerprint density at radius 1 is 0.216 bits per heavy atom. The largest absolute Gasteiger partial charge is 0.237 e. The Balaban J connectivity index is 0.869. The van der Waals surface area contributed by atoms with Gasteiger partial charge in [-0.3, -0.25) is 0 Å². The molecule has 0 aliphatic rings. The molecule has 14 aromatic rings. The molecule has 0 amide bonds. The third-order valence-corrected chi connectivity index (χ3v) is 15.8. The molecule has 0 spiro atoms. The highest BCUT2D eigenvalue weighted by Crippen LogP contribution is 2.35. The Hall–Kier alpha value is -10.9. The Morgan fingerprint density at radius 2 is 0.443 bits per heavy atom. The van der Waals surface area contributed by atoms with Gasteiger partial charge >= 0.3 is 0 Å². The average Bonchev–Trinajstić information content (AvgIpc) is 1.25. The number of aromatic nitrogens is 14. The molecule has 0 unspecified atom stereocenters. The first-order chi connectivity index (χ1) is 42.4. The van der Waals surface area contributed by atoms with Crippen LogP contribution < -0.4 is 0 Å². The zero-order valence-corrected chi connectivity index (χ0v) is 50.3. The Labute approximate surface area is 509 Å². The molecule has 14 heteroatoms. The van der Waals surface area contributed by atoms with Gasteiger partial charge < -0.3 is 0 Å². The highest BCUT2D eigenvalue weighted by molar-refractivity contribution is 5.85. The highest BCUT2D eigenvalue weighted by atomic mass is 15.0. The first-order valence-corrected chi connectivity index (χ1v) is 29.4. The Kier molecular flexibility index (Phi) is 13.5. The third-order valence-electron chi connectivity index (χ3n) is 15.8. The second-order valence-electron chi connectivity index (χ2n) is 25.2. The molecular formula is C74H60N14. The number of pyridine rings is 8. The number of hydrogen-bond acceptors (Lipinski definition) is 14. The van der Waals surface area contributed by atoms with E-state index in [9.17, 15) is 0 Å². The normalized spacial score (nSPS) is 12.1. The summed E-state index contributed by atoms with van der Waals surface area (Å²) in [6, 6.07) is 62.8. The van der Waals surface area contributed by atoms with Gasteiger partial charge in [-0.25, -0.2) is 69.8 Å². The smallest absolute Gasteiger partial charge is 0.160 e. The summed E-state index contributed by atoms with van der Waals surface area (Å²) in [4.78, 5) is 70.8. The molecule has 14 rings (SSSR count). The van der Waals surface area contributed by atoms with Crippen LogP contribution in [0.4, 0.5) is 0 Å². The third kappa shape index (κ3) is 11.1. The van der Waals surface area contributed by atoms with Crippen molar-refractivity contribution >= 4 is 44.1 Å². The monoisotopic (exact) mass is 1140 g/mol. The molecule has 3 aromatic carbocycles. The summed E-state index contributed by atoms with van der Waals surface area (Å²) in [5.74, 6) is 1.61. The summed E-state index contributed by atoms with van der Waals surface area (Å²) >= 11 is 0. The molecule has 0 fully saturated rings. The van der Waals surface area contributed by atoms with E-state index in [4.69, 9.17) is 59.8 Å². The van der Waals surface area contributed by atoms with Crippen molar-refractivity contribution in [2.24, 2.45) is 0 Å². The van der Waals surface area contributed by atoms with Crippen molar-refractivity contribution < 1.29 is 0 Å². The lowest BCUT2D eigenvalue weighted by Crippen LogP contribution is -2.10. The summed E-state index contributed by atoms with van der Waals surface area (Å²) < 4.78 is 0. The maximum atomic E-state index is 5.24. The SMILES string of the molecule is CC(C)(C)c1ccc(-c2nc(-c3ccc4cccnc4n3)cc(-c3ccc4ccc(-c5cc(-c6ccc7ccc(-c8cc(-c9ccc%10cccnc%10n9)nc(-c9ccc(C(C)(C)C)cc9)n8)nc7n6)nc(-c6ccc(C(C)(C)C)cc6)n5)nc4n3)n2)cc1. The zero-order chi connectivity index (χ0) is 60.5. The maximum Gasteiger partial charge on any atom is 0.160 e. The van der Waals surface area contributed by atoms with Crippen LogP contribution in [0.5, 0.6) is 0 Å². The van der Waals surface area contributed by atoms with Gasteiger partial charge in [0.25, 0.3) is 0 Å². The first kappa shape index (κ1) is 55.0. The lowest BCUT2D eigenvalue weighted by atomic mass is 9.86. The van der Waals surface area contributed by atoms with E-state index < -0.39 is 0 Å². The molecule has 0 radical (unpaired) electrons. The topological polar surface area (TPSA) is 180 Å².